The number of hydrazine groups is 1. The second-order valence-electron chi connectivity index (χ2n) is 3.57. The summed E-state index contributed by atoms with van der Waals surface area (Å²) in [5.41, 5.74) is 2.96. The number of hydrogen-bond donors (Lipinski definition) is 2. The normalized spacial score (nSPS) is 9.74. The molecule has 1 aromatic heterocycles. The van der Waals surface area contributed by atoms with E-state index in [1.54, 1.807) is 31.5 Å². The molecule has 1 aromatic carbocycles. The Hall–Kier alpha value is -2.30. The molecule has 0 bridgehead atoms. The lowest BCUT2D eigenvalue weighted by Crippen LogP contribution is -2.05. The summed E-state index contributed by atoms with van der Waals surface area (Å²) >= 11 is 1.40. The van der Waals surface area contributed by atoms with Crippen LogP contribution < -0.4 is 20.7 Å². The maximum absolute atomic E-state index is 8.91. The summed E-state index contributed by atoms with van der Waals surface area (Å²) in [5.74, 6) is 6.41. The number of nitriles is 1. The van der Waals surface area contributed by atoms with Crippen molar-refractivity contribution in [2.75, 3.05) is 12.5 Å². The van der Waals surface area contributed by atoms with E-state index in [4.69, 9.17) is 20.6 Å². The molecule has 6 nitrogen and oxygen atoms in total. The molecule has 0 unspecified atom stereocenters. The van der Waals surface area contributed by atoms with E-state index in [0.717, 1.165) is 4.88 Å². The summed E-state index contributed by atoms with van der Waals surface area (Å²) in [6, 6.07) is 7.09. The van der Waals surface area contributed by atoms with Crippen LogP contribution in [0.3, 0.4) is 0 Å². The first-order valence-corrected chi connectivity index (χ1v) is 6.20. The van der Waals surface area contributed by atoms with Gasteiger partial charge in [-0.1, -0.05) is 11.3 Å². The summed E-state index contributed by atoms with van der Waals surface area (Å²) in [6.07, 6.45) is 1.69. The van der Waals surface area contributed by atoms with E-state index in [9.17, 15) is 0 Å². The Balaban J connectivity index is 2.08. The third-order valence-electron chi connectivity index (χ3n) is 2.30. The quantitative estimate of drug-likeness (QED) is 0.640. The smallest absolute Gasteiger partial charge is 0.197 e. The summed E-state index contributed by atoms with van der Waals surface area (Å²) < 4.78 is 10.7. The first-order valence-electron chi connectivity index (χ1n) is 5.38. The fourth-order valence-corrected chi connectivity index (χ4v) is 2.07. The van der Waals surface area contributed by atoms with Crippen LogP contribution in [0.25, 0.3) is 0 Å². The highest BCUT2D eigenvalue weighted by atomic mass is 32.1. The molecule has 2 rings (SSSR count). The van der Waals surface area contributed by atoms with Crippen molar-refractivity contribution in [3.05, 3.63) is 34.8 Å². The standard InChI is InChI=1S/C12H12N4O2S/c1-17-9-2-8(5-13)3-10(4-9)18-7-11-6-15-12(16-14)19-11/h2-4,6H,7,14H2,1H3,(H,15,16). The SMILES string of the molecule is COc1cc(C#N)cc(OCc2cnc(NN)s2)c1. The Morgan fingerprint density at radius 1 is 1.42 bits per heavy atom. The maximum Gasteiger partial charge on any atom is 0.197 e. The van der Waals surface area contributed by atoms with Gasteiger partial charge in [0.2, 0.25) is 0 Å². The molecule has 7 heteroatoms. The number of thiazole rings is 1. The number of nitrogens with zero attached hydrogens (tertiary/aromatic N) is 2. The molecular weight excluding hydrogens is 264 g/mol. The molecule has 0 radical (unpaired) electrons. The lowest BCUT2D eigenvalue weighted by Gasteiger charge is -2.07. The first-order chi connectivity index (χ1) is 9.25. The van der Waals surface area contributed by atoms with Gasteiger partial charge in [0.25, 0.3) is 0 Å². The van der Waals surface area contributed by atoms with Crippen LogP contribution in [-0.4, -0.2) is 12.1 Å². The van der Waals surface area contributed by atoms with Crippen LogP contribution in [0.5, 0.6) is 11.5 Å². The topological polar surface area (TPSA) is 93.2 Å². The van der Waals surface area contributed by atoms with Crippen molar-refractivity contribution in [3.63, 3.8) is 0 Å². The van der Waals surface area contributed by atoms with Gasteiger partial charge in [0.15, 0.2) is 5.13 Å². The van der Waals surface area contributed by atoms with Crippen LogP contribution in [-0.2, 0) is 6.61 Å². The Kier molecular flexibility index (Phi) is 4.18. The molecule has 19 heavy (non-hydrogen) atoms. The van der Waals surface area contributed by atoms with E-state index in [1.807, 2.05) is 0 Å². The van der Waals surface area contributed by atoms with Gasteiger partial charge in [-0.25, -0.2) is 10.8 Å². The van der Waals surface area contributed by atoms with Gasteiger partial charge < -0.3 is 9.47 Å². The molecule has 0 saturated heterocycles. The second-order valence-corrected chi connectivity index (χ2v) is 4.69. The van der Waals surface area contributed by atoms with Crippen molar-refractivity contribution in [2.24, 2.45) is 5.84 Å². The van der Waals surface area contributed by atoms with Gasteiger partial charge in [-0.15, -0.1) is 0 Å². The largest absolute Gasteiger partial charge is 0.497 e. The maximum atomic E-state index is 8.91. The molecule has 3 N–H and O–H groups in total. The van der Waals surface area contributed by atoms with Gasteiger partial charge in [-0.2, -0.15) is 5.26 Å². The van der Waals surface area contributed by atoms with E-state index in [0.29, 0.717) is 28.8 Å². The van der Waals surface area contributed by atoms with Crippen molar-refractivity contribution >= 4 is 16.5 Å². The van der Waals surface area contributed by atoms with Crippen LogP contribution >= 0.6 is 11.3 Å². The molecule has 0 aliphatic carbocycles. The summed E-state index contributed by atoms with van der Waals surface area (Å²) in [5, 5.41) is 9.54. The minimum absolute atomic E-state index is 0.359. The molecular formula is C12H12N4O2S. The highest BCUT2D eigenvalue weighted by Crippen LogP contribution is 2.24. The Bertz CT molecular complexity index is 606. The molecule has 1 heterocycles. The summed E-state index contributed by atoms with van der Waals surface area (Å²) in [6.45, 7) is 0.359. The molecule has 0 aliphatic rings. The van der Waals surface area contributed by atoms with Crippen LogP contribution in [0.4, 0.5) is 5.13 Å². The zero-order chi connectivity index (χ0) is 13.7. The summed E-state index contributed by atoms with van der Waals surface area (Å²) in [4.78, 5) is 4.97. The zero-order valence-electron chi connectivity index (χ0n) is 10.2. The predicted molar refractivity (Wildman–Crippen MR) is 72.0 cm³/mol. The number of aromatic nitrogens is 1. The van der Waals surface area contributed by atoms with Crippen molar-refractivity contribution in [1.82, 2.24) is 4.98 Å². The van der Waals surface area contributed by atoms with E-state index in [2.05, 4.69) is 16.5 Å². The number of hydrogen-bond acceptors (Lipinski definition) is 7. The lowest BCUT2D eigenvalue weighted by atomic mass is 10.2. The number of benzene rings is 1. The Labute approximate surface area is 114 Å². The van der Waals surface area contributed by atoms with Crippen molar-refractivity contribution in [3.8, 4) is 17.6 Å². The molecule has 0 aliphatic heterocycles. The minimum Gasteiger partial charge on any atom is -0.497 e. The molecule has 2 aromatic rings. The first kappa shape index (κ1) is 13.1. The fourth-order valence-electron chi connectivity index (χ4n) is 1.43. The number of methoxy groups -OCH3 is 1. The zero-order valence-corrected chi connectivity index (χ0v) is 11.0. The van der Waals surface area contributed by atoms with Gasteiger partial charge >= 0.3 is 0 Å². The van der Waals surface area contributed by atoms with Gasteiger partial charge in [-0.3, -0.25) is 5.43 Å². The highest BCUT2D eigenvalue weighted by Gasteiger charge is 2.05. The molecule has 0 saturated carbocycles. The third-order valence-corrected chi connectivity index (χ3v) is 3.21. The molecule has 0 atom stereocenters. The van der Waals surface area contributed by atoms with E-state index in [1.165, 1.54) is 11.3 Å². The average molecular weight is 276 g/mol. The number of rotatable bonds is 5. The predicted octanol–water partition coefficient (Wildman–Crippen LogP) is 1.89. The summed E-state index contributed by atoms with van der Waals surface area (Å²) in [7, 11) is 1.54. The van der Waals surface area contributed by atoms with Gasteiger partial charge in [0.05, 0.1) is 23.6 Å². The molecule has 98 valence electrons. The van der Waals surface area contributed by atoms with Crippen molar-refractivity contribution in [1.29, 1.82) is 5.26 Å². The third kappa shape index (κ3) is 3.34. The van der Waals surface area contributed by atoms with E-state index in [-0.39, 0.29) is 0 Å². The number of nitrogens with two attached hydrogens (primary N) is 1. The van der Waals surface area contributed by atoms with Gasteiger partial charge in [-0.05, 0) is 12.1 Å². The highest BCUT2D eigenvalue weighted by molar-refractivity contribution is 7.15. The number of nitrogens with one attached hydrogen (secondary N) is 1. The molecule has 0 amide bonds. The second kappa shape index (κ2) is 6.04. The average Bonchev–Trinajstić information content (AvgIpc) is 2.92. The van der Waals surface area contributed by atoms with E-state index < -0.39 is 0 Å². The van der Waals surface area contributed by atoms with Crippen molar-refractivity contribution in [2.45, 2.75) is 6.61 Å². The number of ether oxygens (including phenoxy) is 2. The van der Waals surface area contributed by atoms with Crippen LogP contribution in [0.1, 0.15) is 10.4 Å². The van der Waals surface area contributed by atoms with Crippen molar-refractivity contribution < 1.29 is 9.47 Å². The Morgan fingerprint density at radius 3 is 2.84 bits per heavy atom. The number of nitrogen functional groups attached to an aromatic ring is 1. The lowest BCUT2D eigenvalue weighted by molar-refractivity contribution is 0.307. The molecule has 0 spiro atoms. The molecule has 0 fully saturated rings. The fraction of sp³-hybridized carbons (Fsp3) is 0.167. The van der Waals surface area contributed by atoms with Gasteiger partial charge in [0, 0.05) is 12.3 Å². The van der Waals surface area contributed by atoms with Gasteiger partial charge in [0.1, 0.15) is 18.1 Å². The Morgan fingerprint density at radius 2 is 2.21 bits per heavy atom. The van der Waals surface area contributed by atoms with E-state index >= 15 is 0 Å². The minimum atomic E-state index is 0.359. The monoisotopic (exact) mass is 276 g/mol. The number of anilines is 1. The van der Waals surface area contributed by atoms with Crippen LogP contribution in [0.15, 0.2) is 24.4 Å². The van der Waals surface area contributed by atoms with Crippen LogP contribution in [0.2, 0.25) is 0 Å². The van der Waals surface area contributed by atoms with Crippen LogP contribution in [0, 0.1) is 11.3 Å².